The van der Waals surface area contributed by atoms with Gasteiger partial charge in [-0.2, -0.15) is 9.59 Å². The Balaban J connectivity index is 0.000000339. The van der Waals surface area contributed by atoms with Crippen LogP contribution in [0, 0.1) is 38.5 Å². The second-order valence-corrected chi connectivity index (χ2v) is 31.6. The van der Waals surface area contributed by atoms with E-state index in [9.17, 15) is 9.90 Å². The average Bonchev–Trinajstić information content (AvgIpc) is 3.61. The fourth-order valence-corrected chi connectivity index (χ4v) is 13.2. The van der Waals surface area contributed by atoms with Gasteiger partial charge in [-0.05, 0) is 203 Å². The number of rotatable bonds is 22. The Morgan fingerprint density at radius 3 is 1.20 bits per heavy atom. The minimum absolute atomic E-state index is 0.0119. The quantitative estimate of drug-likeness (QED) is 0.0538. The van der Waals surface area contributed by atoms with Crippen LogP contribution in [-0.2, 0) is 60.2 Å². The first-order chi connectivity index (χ1) is 38.4. The summed E-state index contributed by atoms with van der Waals surface area (Å²) in [6, 6.07) is 45.6. The van der Waals surface area contributed by atoms with Crippen LogP contribution in [0.4, 0.5) is 0 Å². The molecular weight excluding hydrogens is 1020 g/mol. The summed E-state index contributed by atoms with van der Waals surface area (Å²) < 4.78 is 11.9. The summed E-state index contributed by atoms with van der Waals surface area (Å²) in [4.78, 5) is 26.7. The molecule has 0 aliphatic carbocycles. The van der Waals surface area contributed by atoms with E-state index < -0.39 is 8.32 Å². The number of benzene rings is 6. The molecule has 0 bridgehead atoms. The van der Waals surface area contributed by atoms with Crippen LogP contribution in [0.2, 0.25) is 18.1 Å². The molecule has 0 fully saturated rings. The maximum absolute atomic E-state index is 10.5. The highest BCUT2D eigenvalue weighted by Gasteiger charge is 2.42. The summed E-state index contributed by atoms with van der Waals surface area (Å²) in [5.41, 5.74) is 21.1. The summed E-state index contributed by atoms with van der Waals surface area (Å²) in [7, 11) is -1.85. The monoisotopic (exact) mass is 1130 g/mol. The fraction of sp³-hybridized carbons (Fsp3) is 0.493. The molecule has 0 saturated heterocycles. The number of hydrogen-bond donors (Lipinski definition) is 1. The Labute approximate surface area is 498 Å². The van der Waals surface area contributed by atoms with Crippen molar-refractivity contribution in [2.24, 2.45) is 10.8 Å². The zero-order chi connectivity index (χ0) is 61.4. The maximum Gasteiger partial charge on any atom is 0.373 e. The van der Waals surface area contributed by atoms with Crippen molar-refractivity contribution in [2.75, 3.05) is 0 Å². The largest absolute Gasteiger partial charge is 0.463 e. The SMILES string of the molecule is CCC(CC)(c1ccc(CCC(O)C(C)(C)C)c(C)c1)c1ccc(-c2ccc(COC=O)cc2)c(C)c1.CCc1ccc(-c2ccc(C(CC)(CC)c3ccc(CCC(O[Si](C)(C)C(C)(C)C)C(C)(C)C)c(C)c3)cc2C)cc1.O=C=O. The molecular formula is C75H104O6Si. The third-order valence-electron chi connectivity index (χ3n) is 18.6. The summed E-state index contributed by atoms with van der Waals surface area (Å²) in [5, 5.41) is 10.7. The molecule has 6 aromatic carbocycles. The second kappa shape index (κ2) is 29.7. The van der Waals surface area contributed by atoms with Gasteiger partial charge in [-0.15, -0.1) is 0 Å². The second-order valence-electron chi connectivity index (χ2n) is 26.9. The summed E-state index contributed by atoms with van der Waals surface area (Å²) in [6.07, 6.45) is 9.27. The van der Waals surface area contributed by atoms with Gasteiger partial charge in [0, 0.05) is 10.8 Å². The lowest BCUT2D eigenvalue weighted by Crippen LogP contribution is -2.47. The molecule has 0 aromatic heterocycles. The first-order valence-corrected chi connectivity index (χ1v) is 33.4. The van der Waals surface area contributed by atoms with Crippen LogP contribution in [0.15, 0.2) is 121 Å². The lowest BCUT2D eigenvalue weighted by molar-refractivity contribution is -0.191. The zero-order valence-electron chi connectivity index (χ0n) is 54.3. The van der Waals surface area contributed by atoms with E-state index in [4.69, 9.17) is 18.8 Å². The predicted octanol–water partition coefficient (Wildman–Crippen LogP) is 19.5. The van der Waals surface area contributed by atoms with E-state index in [1.807, 2.05) is 12.1 Å². The molecule has 7 heteroatoms. The Bertz CT molecular complexity index is 3000. The first-order valence-electron chi connectivity index (χ1n) is 30.5. The number of aliphatic hydroxyl groups is 1. The smallest absolute Gasteiger partial charge is 0.373 e. The van der Waals surface area contributed by atoms with Gasteiger partial charge in [0.1, 0.15) is 6.61 Å². The highest BCUT2D eigenvalue weighted by Crippen LogP contribution is 2.45. The van der Waals surface area contributed by atoms with Gasteiger partial charge in [-0.1, -0.05) is 218 Å². The minimum Gasteiger partial charge on any atom is -0.463 e. The summed E-state index contributed by atoms with van der Waals surface area (Å²) in [6.45, 7) is 46.3. The minimum atomic E-state index is -1.85. The molecule has 0 aliphatic rings. The van der Waals surface area contributed by atoms with E-state index in [0.717, 1.165) is 68.9 Å². The number of hydrogen-bond acceptors (Lipinski definition) is 6. The molecule has 82 heavy (non-hydrogen) atoms. The van der Waals surface area contributed by atoms with Crippen LogP contribution in [0.25, 0.3) is 22.3 Å². The van der Waals surface area contributed by atoms with Gasteiger partial charge in [0.25, 0.3) is 6.47 Å². The third kappa shape index (κ3) is 17.2. The number of aryl methyl sites for hydroxylation is 7. The van der Waals surface area contributed by atoms with Crippen LogP contribution < -0.4 is 0 Å². The van der Waals surface area contributed by atoms with Crippen molar-refractivity contribution in [3.05, 3.63) is 188 Å². The maximum atomic E-state index is 10.5. The molecule has 6 rings (SSSR count). The van der Waals surface area contributed by atoms with Crippen LogP contribution in [0.5, 0.6) is 0 Å². The molecule has 0 spiro atoms. The Hall–Kier alpha value is -5.69. The van der Waals surface area contributed by atoms with Crippen LogP contribution in [0.3, 0.4) is 0 Å². The Morgan fingerprint density at radius 1 is 0.512 bits per heavy atom. The predicted molar refractivity (Wildman–Crippen MR) is 347 cm³/mol. The van der Waals surface area contributed by atoms with Gasteiger partial charge >= 0.3 is 6.15 Å². The molecule has 0 radical (unpaired) electrons. The van der Waals surface area contributed by atoms with E-state index in [2.05, 4.69) is 247 Å². The molecule has 6 aromatic rings. The molecule has 0 saturated carbocycles. The molecule has 444 valence electrons. The first kappa shape index (κ1) is 68.8. The Kier molecular flexibility index (Phi) is 24.9. The van der Waals surface area contributed by atoms with E-state index in [-0.39, 0.29) is 45.1 Å². The van der Waals surface area contributed by atoms with Gasteiger partial charge in [0.15, 0.2) is 8.32 Å². The van der Waals surface area contributed by atoms with Crippen molar-refractivity contribution in [3.63, 3.8) is 0 Å². The fourth-order valence-electron chi connectivity index (χ4n) is 11.6. The van der Waals surface area contributed by atoms with Crippen molar-refractivity contribution < 1.29 is 28.7 Å². The van der Waals surface area contributed by atoms with Gasteiger partial charge in [0.2, 0.25) is 0 Å². The van der Waals surface area contributed by atoms with E-state index in [0.29, 0.717) is 13.1 Å². The molecule has 2 atom stereocenters. The van der Waals surface area contributed by atoms with Crippen LogP contribution in [-0.4, -0.2) is 38.3 Å². The van der Waals surface area contributed by atoms with Gasteiger partial charge in [0.05, 0.1) is 12.2 Å². The summed E-state index contributed by atoms with van der Waals surface area (Å²) >= 11 is 0. The summed E-state index contributed by atoms with van der Waals surface area (Å²) in [5.74, 6) is 0. The van der Waals surface area contributed by atoms with E-state index >= 15 is 0 Å². The number of aliphatic hydroxyl groups excluding tert-OH is 1. The van der Waals surface area contributed by atoms with Gasteiger partial charge in [-0.25, -0.2) is 0 Å². The number of ether oxygens (including phenoxy) is 1. The van der Waals surface area contributed by atoms with Crippen molar-refractivity contribution in [2.45, 2.75) is 230 Å². The lowest BCUT2D eigenvalue weighted by Gasteiger charge is -2.43. The van der Waals surface area contributed by atoms with Gasteiger partial charge < -0.3 is 14.3 Å². The number of carbonyl (C=O) groups excluding carboxylic acids is 3. The highest BCUT2D eigenvalue weighted by atomic mass is 28.4. The van der Waals surface area contributed by atoms with E-state index in [1.165, 1.54) is 77.9 Å². The average molecular weight is 1130 g/mol. The molecule has 0 amide bonds. The third-order valence-corrected chi connectivity index (χ3v) is 23.1. The highest BCUT2D eigenvalue weighted by molar-refractivity contribution is 6.74. The molecule has 0 heterocycles. The molecule has 6 nitrogen and oxygen atoms in total. The number of carbonyl (C=O) groups is 1. The Morgan fingerprint density at radius 2 is 0.878 bits per heavy atom. The van der Waals surface area contributed by atoms with E-state index in [1.54, 1.807) is 0 Å². The van der Waals surface area contributed by atoms with Crippen LogP contribution in [0.1, 0.15) is 202 Å². The normalized spacial score (nSPS) is 13.0. The topological polar surface area (TPSA) is 89.9 Å². The van der Waals surface area contributed by atoms with Gasteiger partial charge in [-0.3, -0.25) is 4.79 Å². The zero-order valence-corrected chi connectivity index (χ0v) is 55.3. The standard InChI is InChI=1S/C40H60OSi.C34H44O3.CO2/c1-14-31-17-19-33(20-18-31)36-25-24-35(28-30(36)5)40(15-2,16-3)34-23-21-32(29(4)27-34)22-26-37(38(6,7)8)41-42(12,13)39(9,10)11;1-8-34(9-2,29-16-14-27(24(3)20-29)15-19-32(36)33(5,6)7)30-17-18-31(25(4)21-30)28-12-10-26(11-13-28)22-37-23-35;2-1-3/h17-21,23-25,27-28,37H,14-16,22,26H2,1-13H3;10-14,16-18,20-21,23,32,36H,8-9,15,19,22H2,1-7H3;. The van der Waals surface area contributed by atoms with Crippen LogP contribution >= 0.6 is 0 Å². The molecule has 2 unspecified atom stereocenters. The van der Waals surface area contributed by atoms with Crippen molar-refractivity contribution >= 4 is 20.9 Å². The molecule has 1 N–H and O–H groups in total. The van der Waals surface area contributed by atoms with Crippen molar-refractivity contribution in [1.29, 1.82) is 0 Å². The lowest BCUT2D eigenvalue weighted by atomic mass is 9.69. The van der Waals surface area contributed by atoms with Crippen molar-refractivity contribution in [3.8, 4) is 22.3 Å². The molecule has 0 aliphatic heterocycles. The van der Waals surface area contributed by atoms with Crippen molar-refractivity contribution in [1.82, 2.24) is 0 Å².